The largest absolute Gasteiger partial charge is 0.378 e. The standard InChI is InChI=1S/C21H37N5O3/c1-16(2)13-25-7-6-21(14-22,15-25)24-18(27)17(12-20(3,4)5)23-19(28)26-8-10-29-11-9-26/h16-17H,6-13,15H2,1-5H3,(H,23,28)(H,24,27). The molecule has 2 aliphatic rings. The molecule has 2 aliphatic heterocycles. The highest BCUT2D eigenvalue weighted by atomic mass is 16.5. The SMILES string of the molecule is CC(C)CN1CCC(C#N)(NC(=O)C(CC(C)(C)C)NC(=O)N2CCOCC2)C1. The molecular formula is C21H37N5O3. The molecule has 2 atom stereocenters. The zero-order chi connectivity index (χ0) is 21.7. The van der Waals surface area contributed by atoms with Gasteiger partial charge in [0.15, 0.2) is 0 Å². The number of morpholine rings is 1. The van der Waals surface area contributed by atoms with Crippen molar-refractivity contribution < 1.29 is 14.3 Å². The molecule has 0 aliphatic carbocycles. The van der Waals surface area contributed by atoms with Gasteiger partial charge in [-0.05, 0) is 24.2 Å². The minimum Gasteiger partial charge on any atom is -0.378 e. The highest BCUT2D eigenvalue weighted by Gasteiger charge is 2.41. The zero-order valence-electron chi connectivity index (χ0n) is 18.6. The number of hydrogen-bond donors (Lipinski definition) is 2. The van der Waals surface area contributed by atoms with E-state index in [1.54, 1.807) is 4.90 Å². The first-order chi connectivity index (χ1) is 13.5. The predicted molar refractivity (Wildman–Crippen MR) is 111 cm³/mol. The van der Waals surface area contributed by atoms with E-state index in [9.17, 15) is 14.9 Å². The first-order valence-electron chi connectivity index (χ1n) is 10.6. The van der Waals surface area contributed by atoms with Crippen LogP contribution in [0.4, 0.5) is 4.79 Å². The maximum absolute atomic E-state index is 13.1. The van der Waals surface area contributed by atoms with Crippen molar-refractivity contribution in [3.05, 3.63) is 0 Å². The minimum absolute atomic E-state index is 0.153. The molecule has 2 N–H and O–H groups in total. The molecule has 2 saturated heterocycles. The molecule has 29 heavy (non-hydrogen) atoms. The molecule has 0 radical (unpaired) electrons. The van der Waals surface area contributed by atoms with Crippen LogP contribution in [0.2, 0.25) is 0 Å². The number of ether oxygens (including phenoxy) is 1. The van der Waals surface area contributed by atoms with Gasteiger partial charge in [-0.15, -0.1) is 0 Å². The van der Waals surface area contributed by atoms with Gasteiger partial charge >= 0.3 is 6.03 Å². The minimum atomic E-state index is -0.897. The van der Waals surface area contributed by atoms with Crippen molar-refractivity contribution in [3.8, 4) is 6.07 Å². The fourth-order valence-electron chi connectivity index (χ4n) is 3.93. The summed E-state index contributed by atoms with van der Waals surface area (Å²) in [6.45, 7) is 14.7. The molecular weight excluding hydrogens is 370 g/mol. The van der Waals surface area contributed by atoms with Crippen molar-refractivity contribution in [1.29, 1.82) is 5.26 Å². The first-order valence-corrected chi connectivity index (χ1v) is 10.6. The average Bonchev–Trinajstić information content (AvgIpc) is 3.03. The van der Waals surface area contributed by atoms with E-state index in [1.165, 1.54) is 0 Å². The molecule has 3 amide bonds. The fourth-order valence-corrected chi connectivity index (χ4v) is 3.93. The molecule has 2 rings (SSSR count). The van der Waals surface area contributed by atoms with Crippen LogP contribution >= 0.6 is 0 Å². The van der Waals surface area contributed by atoms with E-state index in [4.69, 9.17) is 4.74 Å². The van der Waals surface area contributed by atoms with Crippen molar-refractivity contribution in [1.82, 2.24) is 20.4 Å². The van der Waals surface area contributed by atoms with Gasteiger partial charge in [0.2, 0.25) is 5.91 Å². The summed E-state index contributed by atoms with van der Waals surface area (Å²) in [6.07, 6.45) is 1.09. The Balaban J connectivity index is 2.06. The Morgan fingerprint density at radius 1 is 1.21 bits per heavy atom. The quantitative estimate of drug-likeness (QED) is 0.697. The molecule has 0 saturated carbocycles. The number of carbonyl (C=O) groups is 2. The van der Waals surface area contributed by atoms with Gasteiger partial charge in [-0.3, -0.25) is 9.69 Å². The Hall–Kier alpha value is -1.85. The Morgan fingerprint density at radius 2 is 1.86 bits per heavy atom. The molecule has 0 aromatic carbocycles. The first kappa shape index (κ1) is 23.4. The van der Waals surface area contributed by atoms with Gasteiger partial charge in [-0.2, -0.15) is 5.26 Å². The predicted octanol–water partition coefficient (Wildman–Crippen LogP) is 1.57. The van der Waals surface area contributed by atoms with Crippen molar-refractivity contribution in [2.24, 2.45) is 11.3 Å². The van der Waals surface area contributed by atoms with Crippen molar-refractivity contribution in [2.45, 2.75) is 59.0 Å². The summed E-state index contributed by atoms with van der Waals surface area (Å²) >= 11 is 0. The third-order valence-electron chi connectivity index (χ3n) is 5.28. The van der Waals surface area contributed by atoms with E-state index in [0.29, 0.717) is 51.6 Å². The molecule has 0 spiro atoms. The van der Waals surface area contributed by atoms with Crippen LogP contribution in [0.15, 0.2) is 0 Å². The summed E-state index contributed by atoms with van der Waals surface area (Å²) in [5, 5.41) is 15.7. The monoisotopic (exact) mass is 407 g/mol. The summed E-state index contributed by atoms with van der Waals surface area (Å²) in [5.41, 5.74) is -1.05. The second kappa shape index (κ2) is 9.77. The summed E-state index contributed by atoms with van der Waals surface area (Å²) in [5.74, 6) is 0.219. The summed E-state index contributed by atoms with van der Waals surface area (Å²) in [4.78, 5) is 29.7. The lowest BCUT2D eigenvalue weighted by atomic mass is 9.87. The average molecular weight is 408 g/mol. The number of hydrogen-bond acceptors (Lipinski definition) is 5. The molecule has 164 valence electrons. The lowest BCUT2D eigenvalue weighted by molar-refractivity contribution is -0.125. The Labute approximate surface area is 174 Å². The van der Waals surface area contributed by atoms with Gasteiger partial charge in [-0.25, -0.2) is 4.79 Å². The number of likely N-dealkylation sites (tertiary alicyclic amines) is 1. The highest BCUT2D eigenvalue weighted by Crippen LogP contribution is 2.24. The van der Waals surface area contributed by atoms with Crippen LogP contribution in [0.25, 0.3) is 0 Å². The van der Waals surface area contributed by atoms with E-state index in [0.717, 1.165) is 13.1 Å². The lowest BCUT2D eigenvalue weighted by Crippen LogP contribution is -2.59. The van der Waals surface area contributed by atoms with Gasteiger partial charge in [-0.1, -0.05) is 34.6 Å². The maximum atomic E-state index is 13.1. The zero-order valence-corrected chi connectivity index (χ0v) is 18.6. The molecule has 0 aromatic heterocycles. The molecule has 8 heteroatoms. The Kier molecular flexibility index (Phi) is 7.89. The van der Waals surface area contributed by atoms with Gasteiger partial charge in [0.25, 0.3) is 0 Å². The van der Waals surface area contributed by atoms with Crippen molar-refractivity contribution in [3.63, 3.8) is 0 Å². The number of carbonyl (C=O) groups excluding carboxylic acids is 2. The van der Waals surface area contributed by atoms with Gasteiger partial charge in [0.05, 0.1) is 19.3 Å². The Morgan fingerprint density at radius 3 is 2.41 bits per heavy atom. The van der Waals surface area contributed by atoms with Gasteiger partial charge in [0.1, 0.15) is 11.6 Å². The van der Waals surface area contributed by atoms with E-state index >= 15 is 0 Å². The van der Waals surface area contributed by atoms with Crippen LogP contribution in [-0.2, 0) is 9.53 Å². The number of urea groups is 1. The molecule has 0 aromatic rings. The topological polar surface area (TPSA) is 97.7 Å². The van der Waals surface area contributed by atoms with Crippen LogP contribution in [0, 0.1) is 22.7 Å². The van der Waals surface area contributed by atoms with E-state index < -0.39 is 11.6 Å². The number of rotatable bonds is 6. The Bertz CT molecular complexity index is 619. The summed E-state index contributed by atoms with van der Waals surface area (Å²) < 4.78 is 5.30. The number of nitriles is 1. The molecule has 2 unspecified atom stereocenters. The highest BCUT2D eigenvalue weighted by molar-refractivity contribution is 5.88. The van der Waals surface area contributed by atoms with Gasteiger partial charge in [0, 0.05) is 32.7 Å². The smallest absolute Gasteiger partial charge is 0.318 e. The normalized spacial score (nSPS) is 24.2. The lowest BCUT2D eigenvalue weighted by Gasteiger charge is -2.33. The third-order valence-corrected chi connectivity index (χ3v) is 5.28. The molecule has 0 bridgehead atoms. The third kappa shape index (κ3) is 7.16. The van der Waals surface area contributed by atoms with Crippen LogP contribution in [0.1, 0.15) is 47.5 Å². The van der Waals surface area contributed by atoms with Gasteiger partial charge < -0.3 is 20.3 Å². The molecule has 8 nitrogen and oxygen atoms in total. The second-order valence-electron chi connectivity index (χ2n) is 9.93. The number of nitrogens with one attached hydrogen (secondary N) is 2. The van der Waals surface area contributed by atoms with Crippen LogP contribution < -0.4 is 10.6 Å². The second-order valence-corrected chi connectivity index (χ2v) is 9.93. The van der Waals surface area contributed by atoms with E-state index in [1.807, 2.05) is 20.8 Å². The van der Waals surface area contributed by atoms with Crippen LogP contribution in [0.5, 0.6) is 0 Å². The molecule has 2 fully saturated rings. The summed E-state index contributed by atoms with van der Waals surface area (Å²) in [6, 6.07) is 1.39. The summed E-state index contributed by atoms with van der Waals surface area (Å²) in [7, 11) is 0. The number of amides is 3. The number of nitrogens with zero attached hydrogens (tertiary/aromatic N) is 3. The van der Waals surface area contributed by atoms with E-state index in [-0.39, 0.29) is 17.4 Å². The van der Waals surface area contributed by atoms with E-state index in [2.05, 4.69) is 35.5 Å². The van der Waals surface area contributed by atoms with Crippen LogP contribution in [0.3, 0.4) is 0 Å². The van der Waals surface area contributed by atoms with Crippen LogP contribution in [-0.4, -0.2) is 79.3 Å². The maximum Gasteiger partial charge on any atom is 0.318 e. The van der Waals surface area contributed by atoms with Crippen molar-refractivity contribution in [2.75, 3.05) is 45.9 Å². The van der Waals surface area contributed by atoms with Crippen molar-refractivity contribution >= 4 is 11.9 Å². The fraction of sp³-hybridized carbons (Fsp3) is 0.857. The molecule has 2 heterocycles.